The molecule has 3 aromatic rings. The fraction of sp³-hybridized carbons (Fsp3) is 0.105. The van der Waals surface area contributed by atoms with Gasteiger partial charge in [-0.3, -0.25) is 4.79 Å². The minimum atomic E-state index is -1.14. The molecule has 0 bridgehead atoms. The van der Waals surface area contributed by atoms with Gasteiger partial charge in [0.2, 0.25) is 0 Å². The highest BCUT2D eigenvalue weighted by molar-refractivity contribution is 5.94. The van der Waals surface area contributed by atoms with Gasteiger partial charge in [0.05, 0.1) is 18.4 Å². The van der Waals surface area contributed by atoms with Crippen LogP contribution in [0.1, 0.15) is 21.7 Å². The van der Waals surface area contributed by atoms with Crippen molar-refractivity contribution >= 4 is 5.91 Å². The number of carbonyl (C=O) groups is 1. The molecule has 1 amide bonds. The predicted molar refractivity (Wildman–Crippen MR) is 85.1 cm³/mol. The summed E-state index contributed by atoms with van der Waals surface area (Å²) in [7, 11) is 0. The lowest BCUT2D eigenvalue weighted by Crippen LogP contribution is -2.30. The largest absolute Gasteiger partial charge is 0.467 e. The second-order valence-electron chi connectivity index (χ2n) is 5.33. The first-order valence-electron chi connectivity index (χ1n) is 7.45. The van der Waals surface area contributed by atoms with Crippen LogP contribution in [0.15, 0.2) is 71.3 Å². The summed E-state index contributed by atoms with van der Waals surface area (Å²) in [6, 6.07) is 16.3. The van der Waals surface area contributed by atoms with Gasteiger partial charge in [0.1, 0.15) is 5.76 Å². The van der Waals surface area contributed by atoms with Crippen LogP contribution in [0, 0.1) is 11.6 Å². The Labute approximate surface area is 138 Å². The van der Waals surface area contributed by atoms with Crippen LogP contribution in [-0.4, -0.2) is 10.8 Å². The van der Waals surface area contributed by atoms with E-state index < -0.39 is 17.5 Å². The maximum atomic E-state index is 14.0. The van der Waals surface area contributed by atoms with Gasteiger partial charge in [0, 0.05) is 6.54 Å². The van der Waals surface area contributed by atoms with Crippen molar-refractivity contribution in [2.24, 2.45) is 0 Å². The lowest BCUT2D eigenvalue weighted by Gasteiger charge is -2.22. The zero-order valence-electron chi connectivity index (χ0n) is 12.8. The van der Waals surface area contributed by atoms with E-state index in [0.29, 0.717) is 5.76 Å². The second-order valence-corrected chi connectivity index (χ2v) is 5.33. The Morgan fingerprint density at radius 1 is 0.917 bits per heavy atom. The first-order valence-corrected chi connectivity index (χ1v) is 7.45. The summed E-state index contributed by atoms with van der Waals surface area (Å²) >= 11 is 0. The maximum absolute atomic E-state index is 14.0. The normalized spacial score (nSPS) is 10.6. The summed E-state index contributed by atoms with van der Waals surface area (Å²) in [5, 5.41) is 0. The summed E-state index contributed by atoms with van der Waals surface area (Å²) in [6.07, 6.45) is 1.50. The predicted octanol–water partition coefficient (Wildman–Crippen LogP) is 4.40. The number of amides is 1. The highest BCUT2D eigenvalue weighted by Gasteiger charge is 2.22. The van der Waals surface area contributed by atoms with E-state index in [2.05, 4.69) is 0 Å². The van der Waals surface area contributed by atoms with Crippen LogP contribution in [0.4, 0.5) is 8.78 Å². The van der Waals surface area contributed by atoms with Crippen molar-refractivity contribution in [2.45, 2.75) is 13.1 Å². The molecule has 24 heavy (non-hydrogen) atoms. The average molecular weight is 327 g/mol. The van der Waals surface area contributed by atoms with Crippen molar-refractivity contribution in [3.63, 3.8) is 0 Å². The maximum Gasteiger partial charge on any atom is 0.257 e. The van der Waals surface area contributed by atoms with Gasteiger partial charge < -0.3 is 9.32 Å². The Kier molecular flexibility index (Phi) is 4.70. The van der Waals surface area contributed by atoms with Gasteiger partial charge in [-0.25, -0.2) is 8.78 Å². The van der Waals surface area contributed by atoms with Gasteiger partial charge in [-0.05, 0) is 29.8 Å². The van der Waals surface area contributed by atoms with Crippen LogP contribution < -0.4 is 0 Å². The highest BCUT2D eigenvalue weighted by Crippen LogP contribution is 2.18. The number of furan rings is 1. The topological polar surface area (TPSA) is 33.5 Å². The molecule has 1 heterocycles. The van der Waals surface area contributed by atoms with Crippen molar-refractivity contribution in [1.82, 2.24) is 4.90 Å². The molecule has 3 rings (SSSR count). The summed E-state index contributed by atoms with van der Waals surface area (Å²) in [6.45, 7) is 0.424. The van der Waals surface area contributed by atoms with E-state index in [4.69, 9.17) is 4.42 Å². The number of hydrogen-bond acceptors (Lipinski definition) is 2. The third-order valence-electron chi connectivity index (χ3n) is 3.61. The third-order valence-corrected chi connectivity index (χ3v) is 3.61. The molecule has 0 unspecified atom stereocenters. The van der Waals surface area contributed by atoms with Gasteiger partial charge in [-0.15, -0.1) is 0 Å². The molecular formula is C19H15F2NO2. The molecule has 0 aliphatic rings. The van der Waals surface area contributed by atoms with E-state index in [9.17, 15) is 13.6 Å². The standard InChI is InChI=1S/C19H15F2NO2/c20-17-10-4-9-16(18(17)21)19(23)22(13-15-8-5-11-24-15)12-14-6-2-1-3-7-14/h1-11H,12-13H2. The molecule has 0 radical (unpaired) electrons. The second kappa shape index (κ2) is 7.08. The first kappa shape index (κ1) is 15.9. The molecule has 1 aromatic heterocycles. The molecule has 0 saturated heterocycles. The first-order chi connectivity index (χ1) is 11.6. The lowest BCUT2D eigenvalue weighted by atomic mass is 10.1. The van der Waals surface area contributed by atoms with Gasteiger partial charge >= 0.3 is 0 Å². The number of benzene rings is 2. The number of rotatable bonds is 5. The Morgan fingerprint density at radius 2 is 1.71 bits per heavy atom. The van der Waals surface area contributed by atoms with Crippen LogP contribution in [0.2, 0.25) is 0 Å². The third kappa shape index (κ3) is 3.51. The minimum absolute atomic E-state index is 0.163. The van der Waals surface area contributed by atoms with Gasteiger partial charge in [-0.2, -0.15) is 0 Å². The van der Waals surface area contributed by atoms with Crippen LogP contribution in [0.5, 0.6) is 0 Å². The molecule has 0 spiro atoms. The Morgan fingerprint density at radius 3 is 2.42 bits per heavy atom. The molecular weight excluding hydrogens is 312 g/mol. The summed E-state index contributed by atoms with van der Waals surface area (Å²) in [5.74, 6) is -2.21. The fourth-order valence-corrected chi connectivity index (χ4v) is 2.43. The van der Waals surface area contributed by atoms with Crippen LogP contribution >= 0.6 is 0 Å². The van der Waals surface area contributed by atoms with E-state index in [1.165, 1.54) is 23.3 Å². The van der Waals surface area contributed by atoms with Gasteiger partial charge in [0.15, 0.2) is 11.6 Å². The van der Waals surface area contributed by atoms with Crippen molar-refractivity contribution in [2.75, 3.05) is 0 Å². The molecule has 0 fully saturated rings. The number of halogens is 2. The summed E-state index contributed by atoms with van der Waals surface area (Å²) in [5.41, 5.74) is 0.590. The Hall–Kier alpha value is -2.95. The zero-order valence-corrected chi connectivity index (χ0v) is 12.8. The number of nitrogens with zero attached hydrogens (tertiary/aromatic N) is 1. The Bertz CT molecular complexity index is 817. The highest BCUT2D eigenvalue weighted by atomic mass is 19.2. The molecule has 5 heteroatoms. The SMILES string of the molecule is O=C(c1cccc(F)c1F)N(Cc1ccccc1)Cc1ccco1. The lowest BCUT2D eigenvalue weighted by molar-refractivity contribution is 0.0711. The number of carbonyl (C=O) groups excluding carboxylic acids is 1. The summed E-state index contributed by atoms with van der Waals surface area (Å²) in [4.78, 5) is 14.1. The molecule has 0 aliphatic carbocycles. The van der Waals surface area contributed by atoms with Crippen LogP contribution in [0.3, 0.4) is 0 Å². The molecule has 0 saturated carbocycles. The van der Waals surface area contributed by atoms with Crippen LogP contribution in [0.25, 0.3) is 0 Å². The minimum Gasteiger partial charge on any atom is -0.467 e. The van der Waals surface area contributed by atoms with Crippen LogP contribution in [-0.2, 0) is 13.1 Å². The summed E-state index contributed by atoms with van der Waals surface area (Å²) < 4.78 is 32.7. The van der Waals surface area contributed by atoms with E-state index in [0.717, 1.165) is 11.6 Å². The van der Waals surface area contributed by atoms with Crippen molar-refractivity contribution in [3.8, 4) is 0 Å². The molecule has 0 N–H and O–H groups in total. The van der Waals surface area contributed by atoms with Crippen molar-refractivity contribution in [3.05, 3.63) is 95.4 Å². The van der Waals surface area contributed by atoms with E-state index in [1.54, 1.807) is 12.1 Å². The van der Waals surface area contributed by atoms with E-state index >= 15 is 0 Å². The average Bonchev–Trinajstić information content (AvgIpc) is 3.10. The van der Waals surface area contributed by atoms with Gasteiger partial charge in [-0.1, -0.05) is 36.4 Å². The van der Waals surface area contributed by atoms with Gasteiger partial charge in [0.25, 0.3) is 5.91 Å². The fourth-order valence-electron chi connectivity index (χ4n) is 2.43. The number of hydrogen-bond donors (Lipinski definition) is 0. The van der Waals surface area contributed by atoms with Crippen molar-refractivity contribution in [1.29, 1.82) is 0 Å². The molecule has 122 valence electrons. The van der Waals surface area contributed by atoms with E-state index in [1.807, 2.05) is 30.3 Å². The zero-order chi connectivity index (χ0) is 16.9. The molecule has 3 nitrogen and oxygen atoms in total. The molecule has 0 aliphatic heterocycles. The smallest absolute Gasteiger partial charge is 0.257 e. The van der Waals surface area contributed by atoms with E-state index in [-0.39, 0.29) is 18.7 Å². The Balaban J connectivity index is 1.91. The van der Waals surface area contributed by atoms with Crippen molar-refractivity contribution < 1.29 is 18.0 Å². The molecule has 0 atom stereocenters. The molecule has 2 aromatic carbocycles. The monoisotopic (exact) mass is 327 g/mol. The quantitative estimate of drug-likeness (QED) is 0.696.